The van der Waals surface area contributed by atoms with E-state index in [9.17, 15) is 4.39 Å². The van der Waals surface area contributed by atoms with Crippen molar-refractivity contribution in [1.82, 2.24) is 10.3 Å². The number of hydrogen-bond acceptors (Lipinski definition) is 4. The molecule has 4 rings (SSSR count). The molecule has 0 amide bonds. The van der Waals surface area contributed by atoms with Crippen LogP contribution in [0.4, 0.5) is 10.2 Å². The molecule has 3 aromatic rings. The maximum atomic E-state index is 14.6. The van der Waals surface area contributed by atoms with Crippen molar-refractivity contribution in [3.8, 4) is 11.8 Å². The van der Waals surface area contributed by atoms with Gasteiger partial charge in [0.05, 0.1) is 16.6 Å². The van der Waals surface area contributed by atoms with Crippen molar-refractivity contribution in [2.75, 3.05) is 12.3 Å². The largest absolute Gasteiger partial charge is 0.384 e. The molecular formula is C22H19FN4. The number of hydrogen-bond donors (Lipinski definition) is 2. The van der Waals surface area contributed by atoms with E-state index in [4.69, 9.17) is 5.73 Å². The Labute approximate surface area is 157 Å². The second-order valence-corrected chi connectivity index (χ2v) is 7.18. The molecule has 0 fully saturated rings. The minimum atomic E-state index is -0.343. The van der Waals surface area contributed by atoms with Gasteiger partial charge in [0.25, 0.3) is 0 Å². The number of para-hydroxylation sites is 1. The van der Waals surface area contributed by atoms with Crippen molar-refractivity contribution >= 4 is 22.6 Å². The summed E-state index contributed by atoms with van der Waals surface area (Å²) in [5.74, 6) is 6.77. The van der Waals surface area contributed by atoms with Crippen LogP contribution in [0, 0.1) is 17.7 Å². The smallest absolute Gasteiger partial charge is 0.135 e. The lowest BCUT2D eigenvalue weighted by Crippen LogP contribution is -2.26. The molecule has 0 saturated carbocycles. The number of aromatic nitrogens is 1. The summed E-state index contributed by atoms with van der Waals surface area (Å²) in [5.41, 5.74) is 8.26. The van der Waals surface area contributed by atoms with Crippen LogP contribution < -0.4 is 11.1 Å². The monoisotopic (exact) mass is 358 g/mol. The molecule has 0 saturated heterocycles. The quantitative estimate of drug-likeness (QED) is 0.655. The molecule has 2 heterocycles. The highest BCUT2D eigenvalue weighted by Crippen LogP contribution is 2.20. The van der Waals surface area contributed by atoms with E-state index < -0.39 is 0 Å². The lowest BCUT2D eigenvalue weighted by atomic mass is 10.1. The molecule has 0 atom stereocenters. The Morgan fingerprint density at radius 2 is 1.93 bits per heavy atom. The summed E-state index contributed by atoms with van der Waals surface area (Å²) in [6, 6.07) is 14.4. The van der Waals surface area contributed by atoms with Gasteiger partial charge in [-0.15, -0.1) is 0 Å². The van der Waals surface area contributed by atoms with E-state index in [2.05, 4.69) is 27.1 Å². The topological polar surface area (TPSA) is 63.3 Å². The standard InChI is InChI=1S/C22H19FN4/c1-22(2)13-25-21(27-22)17-10-8-14(11-18(17)23)7-9-15-12-20(24)26-19-6-4-3-5-16(15)19/h3-6,8,10-12H,13H2,1-2H3,(H2,24,26)(H,25,27). The number of nitrogen functional groups attached to an aromatic ring is 1. The van der Waals surface area contributed by atoms with Crippen LogP contribution in [0.3, 0.4) is 0 Å². The zero-order valence-corrected chi connectivity index (χ0v) is 15.2. The highest BCUT2D eigenvalue weighted by atomic mass is 19.1. The third-order valence-electron chi connectivity index (χ3n) is 4.40. The van der Waals surface area contributed by atoms with Crippen LogP contribution in [0.1, 0.15) is 30.5 Å². The van der Waals surface area contributed by atoms with Gasteiger partial charge in [-0.1, -0.05) is 30.0 Å². The Balaban J connectivity index is 1.69. The van der Waals surface area contributed by atoms with E-state index in [1.165, 1.54) is 6.07 Å². The van der Waals surface area contributed by atoms with Crippen LogP contribution in [0.15, 0.2) is 53.5 Å². The summed E-state index contributed by atoms with van der Waals surface area (Å²) >= 11 is 0. The summed E-state index contributed by atoms with van der Waals surface area (Å²) in [7, 11) is 0. The van der Waals surface area contributed by atoms with Crippen molar-refractivity contribution in [2.24, 2.45) is 4.99 Å². The molecule has 4 nitrogen and oxygen atoms in total. The number of benzene rings is 2. The molecule has 0 radical (unpaired) electrons. The number of nitrogens with zero attached hydrogens (tertiary/aromatic N) is 2. The van der Waals surface area contributed by atoms with Gasteiger partial charge in [-0.05, 0) is 44.2 Å². The minimum absolute atomic E-state index is 0.220. The van der Waals surface area contributed by atoms with E-state index in [-0.39, 0.29) is 11.4 Å². The molecule has 27 heavy (non-hydrogen) atoms. The molecule has 3 N–H and O–H groups in total. The predicted molar refractivity (Wildman–Crippen MR) is 107 cm³/mol. The van der Waals surface area contributed by atoms with Gasteiger partial charge < -0.3 is 11.1 Å². The van der Waals surface area contributed by atoms with Gasteiger partial charge >= 0.3 is 0 Å². The molecule has 2 aromatic carbocycles. The van der Waals surface area contributed by atoms with Crippen LogP contribution in [0.2, 0.25) is 0 Å². The van der Waals surface area contributed by atoms with Gasteiger partial charge in [0.2, 0.25) is 0 Å². The van der Waals surface area contributed by atoms with Gasteiger partial charge in [-0.2, -0.15) is 0 Å². The fraction of sp³-hybridized carbons (Fsp3) is 0.182. The van der Waals surface area contributed by atoms with Crippen molar-refractivity contribution in [2.45, 2.75) is 19.4 Å². The van der Waals surface area contributed by atoms with E-state index in [0.717, 1.165) is 16.5 Å². The number of nitrogens with two attached hydrogens (primary N) is 1. The van der Waals surface area contributed by atoms with Gasteiger partial charge in [0.15, 0.2) is 0 Å². The molecule has 0 aliphatic carbocycles. The van der Waals surface area contributed by atoms with E-state index in [1.54, 1.807) is 18.2 Å². The van der Waals surface area contributed by atoms with Gasteiger partial charge in [0.1, 0.15) is 17.5 Å². The van der Waals surface area contributed by atoms with Gasteiger partial charge in [-0.25, -0.2) is 9.37 Å². The Morgan fingerprint density at radius 1 is 1.11 bits per heavy atom. The van der Waals surface area contributed by atoms with Crippen LogP contribution >= 0.6 is 0 Å². The van der Waals surface area contributed by atoms with Crippen LogP contribution in [0.25, 0.3) is 10.9 Å². The van der Waals surface area contributed by atoms with Crippen molar-refractivity contribution < 1.29 is 4.39 Å². The van der Waals surface area contributed by atoms with Crippen molar-refractivity contribution in [3.05, 3.63) is 71.0 Å². The third-order valence-corrected chi connectivity index (χ3v) is 4.40. The first-order valence-electron chi connectivity index (χ1n) is 8.72. The third kappa shape index (κ3) is 3.47. The Hall–Kier alpha value is -3.39. The molecule has 0 bridgehead atoms. The molecule has 0 spiro atoms. The van der Waals surface area contributed by atoms with Gasteiger partial charge in [-0.3, -0.25) is 4.99 Å². The first-order chi connectivity index (χ1) is 12.9. The second-order valence-electron chi connectivity index (χ2n) is 7.18. The molecule has 134 valence electrons. The maximum absolute atomic E-state index is 14.6. The number of pyridine rings is 1. The average Bonchev–Trinajstić information content (AvgIpc) is 2.99. The van der Waals surface area contributed by atoms with E-state index >= 15 is 0 Å². The SMILES string of the molecule is CC1(C)CNC(c2ccc(C#Cc3cc(N)nc4ccccc34)cc2F)=N1. The summed E-state index contributed by atoms with van der Waals surface area (Å²) in [6.07, 6.45) is 0. The maximum Gasteiger partial charge on any atom is 0.135 e. The molecule has 1 aliphatic rings. The summed E-state index contributed by atoms with van der Waals surface area (Å²) < 4.78 is 14.6. The van der Waals surface area contributed by atoms with Crippen molar-refractivity contribution in [1.29, 1.82) is 0 Å². The number of rotatable bonds is 1. The second kappa shape index (κ2) is 6.40. The number of aliphatic imine (C=N–C) groups is 1. The Kier molecular flexibility index (Phi) is 4.04. The predicted octanol–water partition coefficient (Wildman–Crippen LogP) is 3.48. The first kappa shape index (κ1) is 17.0. The van der Waals surface area contributed by atoms with E-state index in [0.29, 0.717) is 29.3 Å². The molecule has 0 unspecified atom stereocenters. The Morgan fingerprint density at radius 3 is 2.67 bits per heavy atom. The highest BCUT2D eigenvalue weighted by Gasteiger charge is 2.26. The zero-order chi connectivity index (χ0) is 19.0. The number of anilines is 1. The fourth-order valence-corrected chi connectivity index (χ4v) is 3.06. The van der Waals surface area contributed by atoms with Gasteiger partial charge in [0, 0.05) is 23.1 Å². The number of nitrogens with one attached hydrogen (secondary N) is 1. The van der Waals surface area contributed by atoms with Crippen LogP contribution in [-0.2, 0) is 0 Å². The minimum Gasteiger partial charge on any atom is -0.384 e. The fourth-order valence-electron chi connectivity index (χ4n) is 3.06. The molecule has 1 aliphatic heterocycles. The van der Waals surface area contributed by atoms with Crippen molar-refractivity contribution in [3.63, 3.8) is 0 Å². The molecular weight excluding hydrogens is 339 g/mol. The average molecular weight is 358 g/mol. The van der Waals surface area contributed by atoms with E-state index in [1.807, 2.05) is 38.1 Å². The summed E-state index contributed by atoms with van der Waals surface area (Å²) in [4.78, 5) is 8.83. The van der Waals surface area contributed by atoms with Crippen LogP contribution in [0.5, 0.6) is 0 Å². The molecule has 1 aromatic heterocycles. The lowest BCUT2D eigenvalue weighted by molar-refractivity contribution is 0.549. The number of fused-ring (bicyclic) bond motifs is 1. The number of halogens is 1. The lowest BCUT2D eigenvalue weighted by Gasteiger charge is -2.09. The Bertz CT molecular complexity index is 1140. The summed E-state index contributed by atoms with van der Waals surface area (Å²) in [6.45, 7) is 4.71. The first-order valence-corrected chi connectivity index (χ1v) is 8.72. The normalized spacial score (nSPS) is 15.0. The summed E-state index contributed by atoms with van der Waals surface area (Å²) in [5, 5.41) is 4.08. The zero-order valence-electron chi connectivity index (χ0n) is 15.2. The highest BCUT2D eigenvalue weighted by molar-refractivity contribution is 6.00. The molecule has 5 heteroatoms. The van der Waals surface area contributed by atoms with Crippen LogP contribution in [-0.4, -0.2) is 22.9 Å². The number of amidine groups is 1.